The third kappa shape index (κ3) is 2.43. The summed E-state index contributed by atoms with van der Waals surface area (Å²) in [5.74, 6) is 2.58. The molecule has 102 valence electrons. The van der Waals surface area contributed by atoms with E-state index in [1.165, 1.54) is 6.20 Å². The summed E-state index contributed by atoms with van der Waals surface area (Å²) in [6.45, 7) is 7.93. The molecule has 0 atom stereocenters. The minimum Gasteiger partial charge on any atom is -0.398 e. The van der Waals surface area contributed by atoms with E-state index in [0.29, 0.717) is 17.6 Å². The summed E-state index contributed by atoms with van der Waals surface area (Å²) in [6, 6.07) is 3.81. The van der Waals surface area contributed by atoms with Gasteiger partial charge >= 0.3 is 7.12 Å². The van der Waals surface area contributed by atoms with Gasteiger partial charge in [-0.2, -0.15) is 5.26 Å². The average molecular weight is 268 g/mol. The van der Waals surface area contributed by atoms with Crippen LogP contribution in [0.1, 0.15) is 38.8 Å². The van der Waals surface area contributed by atoms with E-state index >= 15 is 0 Å². The molecule has 4 nitrogen and oxygen atoms in total. The van der Waals surface area contributed by atoms with E-state index in [9.17, 15) is 0 Å². The van der Waals surface area contributed by atoms with Crippen molar-refractivity contribution in [3.05, 3.63) is 23.4 Å². The van der Waals surface area contributed by atoms with E-state index in [2.05, 4.69) is 17.0 Å². The summed E-state index contributed by atoms with van der Waals surface area (Å²) in [6.07, 6.45) is 7.29. The predicted octanol–water partition coefficient (Wildman–Crippen LogP) is 1.43. The highest BCUT2D eigenvalue weighted by molar-refractivity contribution is 6.61. The number of aromatic nitrogens is 1. The summed E-state index contributed by atoms with van der Waals surface area (Å²) in [5, 5.41) is 8.95. The molecule has 1 fully saturated rings. The lowest BCUT2D eigenvalue weighted by Crippen LogP contribution is -2.41. The number of terminal acetylenes is 1. The van der Waals surface area contributed by atoms with Crippen LogP contribution < -0.4 is 5.59 Å². The van der Waals surface area contributed by atoms with Crippen molar-refractivity contribution in [1.82, 2.24) is 4.98 Å². The first-order chi connectivity index (χ1) is 9.30. The number of pyridine rings is 1. The monoisotopic (exact) mass is 268 g/mol. The molecule has 20 heavy (non-hydrogen) atoms. The Bertz CT molecular complexity index is 595. The number of nitriles is 1. The Morgan fingerprint density at radius 3 is 2.40 bits per heavy atom. The molecule has 0 spiro atoms. The molecule has 2 heterocycles. The Hall–Kier alpha value is -1.82. The van der Waals surface area contributed by atoms with Crippen molar-refractivity contribution in [2.24, 2.45) is 0 Å². The Morgan fingerprint density at radius 1 is 1.30 bits per heavy atom. The van der Waals surface area contributed by atoms with Gasteiger partial charge in [0.2, 0.25) is 0 Å². The van der Waals surface area contributed by atoms with E-state index in [1.54, 1.807) is 6.07 Å². The molecule has 1 aromatic rings. The van der Waals surface area contributed by atoms with Crippen molar-refractivity contribution in [3.8, 4) is 18.4 Å². The summed E-state index contributed by atoms with van der Waals surface area (Å²) in [7, 11) is -0.559. The predicted molar refractivity (Wildman–Crippen MR) is 77.2 cm³/mol. The van der Waals surface area contributed by atoms with Crippen LogP contribution in [0.5, 0.6) is 0 Å². The van der Waals surface area contributed by atoms with Gasteiger partial charge in [-0.15, -0.1) is 12.3 Å². The summed E-state index contributed by atoms with van der Waals surface area (Å²) in [4.78, 5) is 4.31. The standard InChI is InChI=1S/C15H17BN2O2/c1-6-7-12-8-11(9-17)10-18-13(12)16-19-14(2,3)15(4,5)20-16/h1,8,10H,7H2,2-5H3. The summed E-state index contributed by atoms with van der Waals surface area (Å²) >= 11 is 0. The number of hydrogen-bond donors (Lipinski definition) is 0. The van der Waals surface area contributed by atoms with Crippen LogP contribution in [0, 0.1) is 23.7 Å². The first kappa shape index (κ1) is 14.6. The number of rotatable bonds is 2. The summed E-state index contributed by atoms with van der Waals surface area (Å²) in [5.41, 5.74) is 1.07. The number of hydrogen-bond acceptors (Lipinski definition) is 4. The van der Waals surface area contributed by atoms with Gasteiger partial charge in [0.1, 0.15) is 6.07 Å². The maximum Gasteiger partial charge on any atom is 0.514 e. The highest BCUT2D eigenvalue weighted by Gasteiger charge is 2.52. The summed E-state index contributed by atoms with van der Waals surface area (Å²) < 4.78 is 11.9. The van der Waals surface area contributed by atoms with Gasteiger partial charge in [-0.3, -0.25) is 4.98 Å². The second-order valence-corrected chi connectivity index (χ2v) is 5.85. The van der Waals surface area contributed by atoms with Crippen LogP contribution in [0.25, 0.3) is 0 Å². The van der Waals surface area contributed by atoms with Crippen LogP contribution >= 0.6 is 0 Å². The Morgan fingerprint density at radius 2 is 1.90 bits per heavy atom. The van der Waals surface area contributed by atoms with Crippen molar-refractivity contribution in [2.75, 3.05) is 0 Å². The smallest absolute Gasteiger partial charge is 0.398 e. The Balaban J connectivity index is 2.40. The maximum atomic E-state index is 8.95. The lowest BCUT2D eigenvalue weighted by atomic mass is 9.80. The van der Waals surface area contributed by atoms with Gasteiger partial charge in [-0.05, 0) is 39.3 Å². The molecular formula is C15H17BN2O2. The van der Waals surface area contributed by atoms with E-state index in [0.717, 1.165) is 5.56 Å². The molecule has 1 aliphatic rings. The fraction of sp³-hybridized carbons (Fsp3) is 0.467. The van der Waals surface area contributed by atoms with Crippen LogP contribution in [0.15, 0.2) is 12.3 Å². The van der Waals surface area contributed by atoms with Crippen molar-refractivity contribution in [1.29, 1.82) is 5.26 Å². The molecule has 0 unspecified atom stereocenters. The van der Waals surface area contributed by atoms with Crippen molar-refractivity contribution >= 4 is 12.7 Å². The molecule has 0 aromatic carbocycles. The molecule has 0 saturated carbocycles. The van der Waals surface area contributed by atoms with E-state index in [1.807, 2.05) is 27.7 Å². The van der Waals surface area contributed by atoms with Crippen LogP contribution in [0.3, 0.4) is 0 Å². The zero-order valence-corrected chi connectivity index (χ0v) is 12.2. The zero-order valence-electron chi connectivity index (χ0n) is 12.2. The second-order valence-electron chi connectivity index (χ2n) is 5.85. The molecular weight excluding hydrogens is 251 g/mol. The van der Waals surface area contributed by atoms with E-state index in [4.69, 9.17) is 21.0 Å². The highest BCUT2D eigenvalue weighted by Crippen LogP contribution is 2.36. The van der Waals surface area contributed by atoms with Gasteiger partial charge in [0, 0.05) is 12.6 Å². The van der Waals surface area contributed by atoms with Crippen LogP contribution in [-0.4, -0.2) is 23.3 Å². The van der Waals surface area contributed by atoms with Crippen molar-refractivity contribution < 1.29 is 9.31 Å². The van der Waals surface area contributed by atoms with Gasteiger partial charge < -0.3 is 9.31 Å². The molecule has 0 radical (unpaired) electrons. The quantitative estimate of drug-likeness (QED) is 0.601. The van der Waals surface area contributed by atoms with E-state index in [-0.39, 0.29) is 0 Å². The molecule has 0 N–H and O–H groups in total. The van der Waals surface area contributed by atoms with Gasteiger partial charge in [-0.1, -0.05) is 0 Å². The van der Waals surface area contributed by atoms with Gasteiger partial charge in [-0.25, -0.2) is 0 Å². The fourth-order valence-electron chi connectivity index (χ4n) is 2.00. The zero-order chi connectivity index (χ0) is 15.0. The van der Waals surface area contributed by atoms with Crippen LogP contribution in [-0.2, 0) is 15.7 Å². The van der Waals surface area contributed by atoms with Gasteiger partial charge in [0.25, 0.3) is 0 Å². The van der Waals surface area contributed by atoms with Gasteiger partial charge in [0.15, 0.2) is 0 Å². The second kappa shape index (κ2) is 4.94. The average Bonchev–Trinajstić information content (AvgIpc) is 2.58. The Kier molecular flexibility index (Phi) is 3.60. The highest BCUT2D eigenvalue weighted by atomic mass is 16.7. The molecule has 1 saturated heterocycles. The lowest BCUT2D eigenvalue weighted by molar-refractivity contribution is 0.00578. The number of nitrogens with zero attached hydrogens (tertiary/aromatic N) is 2. The van der Waals surface area contributed by atoms with Crippen LogP contribution in [0.2, 0.25) is 0 Å². The normalized spacial score (nSPS) is 19.4. The third-order valence-corrected chi connectivity index (χ3v) is 3.90. The topological polar surface area (TPSA) is 55.1 Å². The van der Waals surface area contributed by atoms with E-state index < -0.39 is 18.3 Å². The van der Waals surface area contributed by atoms with Crippen molar-refractivity contribution in [3.63, 3.8) is 0 Å². The largest absolute Gasteiger partial charge is 0.514 e. The SMILES string of the molecule is C#CCc1cc(C#N)cnc1B1OC(C)(C)C(C)(C)O1. The van der Waals surface area contributed by atoms with Crippen LogP contribution in [0.4, 0.5) is 0 Å². The third-order valence-electron chi connectivity index (χ3n) is 3.90. The fourth-order valence-corrected chi connectivity index (χ4v) is 2.00. The lowest BCUT2D eigenvalue weighted by Gasteiger charge is -2.32. The molecule has 0 amide bonds. The first-order valence-electron chi connectivity index (χ1n) is 6.49. The Labute approximate surface area is 120 Å². The molecule has 0 aliphatic carbocycles. The minimum absolute atomic E-state index is 0.391. The molecule has 1 aromatic heterocycles. The first-order valence-corrected chi connectivity index (χ1v) is 6.49. The molecule has 5 heteroatoms. The minimum atomic E-state index is -0.559. The molecule has 2 rings (SSSR count). The maximum absolute atomic E-state index is 8.95. The van der Waals surface area contributed by atoms with Crippen molar-refractivity contribution in [2.45, 2.75) is 45.3 Å². The molecule has 0 bridgehead atoms. The van der Waals surface area contributed by atoms with Gasteiger partial charge in [0.05, 0.1) is 22.4 Å². The molecule has 1 aliphatic heterocycles.